The van der Waals surface area contributed by atoms with Crippen molar-refractivity contribution in [2.24, 2.45) is 5.73 Å². The van der Waals surface area contributed by atoms with Gasteiger partial charge in [0.25, 0.3) is 0 Å². The Kier molecular flexibility index (Phi) is 3.12. The Morgan fingerprint density at radius 3 is 2.47 bits per heavy atom. The van der Waals surface area contributed by atoms with Crippen LogP contribution in [0.1, 0.15) is 18.6 Å². The first kappa shape index (κ1) is 11.6. The van der Waals surface area contributed by atoms with E-state index in [9.17, 15) is 9.90 Å². The third kappa shape index (κ3) is 2.30. The normalized spacial score (nSPS) is 14.5. The molecule has 0 amide bonds. The van der Waals surface area contributed by atoms with E-state index in [0.29, 0.717) is 0 Å². The number of rotatable bonds is 3. The maximum atomic E-state index is 11.4. The molecule has 1 heterocycles. The van der Waals surface area contributed by atoms with Crippen molar-refractivity contribution >= 4 is 0 Å². The molecule has 0 aliphatic heterocycles. The van der Waals surface area contributed by atoms with Crippen molar-refractivity contribution < 1.29 is 5.11 Å². The summed E-state index contributed by atoms with van der Waals surface area (Å²) in [6.45, 7) is 1.75. The number of imidazole rings is 1. The van der Waals surface area contributed by atoms with E-state index in [1.54, 1.807) is 43.6 Å². The molecule has 0 spiro atoms. The summed E-state index contributed by atoms with van der Waals surface area (Å²) in [7, 11) is 0. The van der Waals surface area contributed by atoms with Gasteiger partial charge in [0.05, 0.1) is 11.8 Å². The molecule has 0 aliphatic rings. The largest absolute Gasteiger partial charge is 0.387 e. The lowest BCUT2D eigenvalue weighted by atomic mass is 10.0. The number of H-pyrrole nitrogens is 1. The predicted molar refractivity (Wildman–Crippen MR) is 65.0 cm³/mol. The average molecular weight is 233 g/mol. The minimum Gasteiger partial charge on any atom is -0.387 e. The van der Waals surface area contributed by atoms with Gasteiger partial charge in [0.2, 0.25) is 0 Å². The molecule has 0 bridgehead atoms. The molecule has 17 heavy (non-hydrogen) atoms. The zero-order valence-electron chi connectivity index (χ0n) is 9.50. The van der Waals surface area contributed by atoms with Crippen molar-refractivity contribution in [1.29, 1.82) is 0 Å². The van der Waals surface area contributed by atoms with Gasteiger partial charge < -0.3 is 15.8 Å². The molecule has 2 rings (SSSR count). The predicted octanol–water partition coefficient (Wildman–Crippen LogP) is 0.546. The molecule has 2 unspecified atom stereocenters. The fraction of sp³-hybridized carbons (Fsp3) is 0.250. The van der Waals surface area contributed by atoms with E-state index in [0.717, 1.165) is 11.3 Å². The molecular weight excluding hydrogens is 218 g/mol. The third-order valence-electron chi connectivity index (χ3n) is 2.66. The molecule has 5 heteroatoms. The van der Waals surface area contributed by atoms with Gasteiger partial charge >= 0.3 is 5.69 Å². The van der Waals surface area contributed by atoms with Crippen molar-refractivity contribution in [3.05, 3.63) is 52.7 Å². The first-order valence-corrected chi connectivity index (χ1v) is 5.39. The molecule has 0 saturated heterocycles. The number of aromatic amines is 1. The lowest BCUT2D eigenvalue weighted by Gasteiger charge is -2.15. The Balaban J connectivity index is 2.31. The molecule has 1 aromatic heterocycles. The summed E-state index contributed by atoms with van der Waals surface area (Å²) < 4.78 is 1.49. The van der Waals surface area contributed by atoms with Crippen LogP contribution in [0.3, 0.4) is 0 Å². The smallest absolute Gasteiger partial charge is 0.330 e. The number of nitrogens with two attached hydrogens (primary N) is 1. The Bertz CT molecular complexity index is 539. The lowest BCUT2D eigenvalue weighted by Crippen LogP contribution is -2.24. The van der Waals surface area contributed by atoms with Gasteiger partial charge in [0.1, 0.15) is 0 Å². The Labute approximate surface area is 98.5 Å². The molecule has 0 fully saturated rings. The quantitative estimate of drug-likeness (QED) is 0.723. The highest BCUT2D eigenvalue weighted by molar-refractivity contribution is 5.35. The first-order valence-electron chi connectivity index (χ1n) is 5.39. The molecule has 90 valence electrons. The monoisotopic (exact) mass is 233 g/mol. The maximum Gasteiger partial charge on any atom is 0.330 e. The number of hydrogen-bond acceptors (Lipinski definition) is 3. The number of aliphatic hydroxyl groups excluding tert-OH is 1. The number of nitrogens with zero attached hydrogens (tertiary/aromatic N) is 1. The number of hydrogen-bond donors (Lipinski definition) is 3. The molecular formula is C12H15N3O2. The molecule has 2 aromatic rings. The minimum absolute atomic E-state index is 0.189. The summed E-state index contributed by atoms with van der Waals surface area (Å²) in [6.07, 6.45) is 2.54. The number of aromatic nitrogens is 2. The zero-order chi connectivity index (χ0) is 12.4. The third-order valence-corrected chi connectivity index (χ3v) is 2.66. The minimum atomic E-state index is -0.688. The van der Waals surface area contributed by atoms with Crippen LogP contribution in [-0.2, 0) is 0 Å². The van der Waals surface area contributed by atoms with Crippen LogP contribution in [-0.4, -0.2) is 20.7 Å². The van der Waals surface area contributed by atoms with Gasteiger partial charge in [-0.15, -0.1) is 0 Å². The van der Waals surface area contributed by atoms with Gasteiger partial charge in [-0.3, -0.25) is 4.57 Å². The Morgan fingerprint density at radius 1 is 1.35 bits per heavy atom. The van der Waals surface area contributed by atoms with Gasteiger partial charge in [-0.2, -0.15) is 0 Å². The van der Waals surface area contributed by atoms with E-state index in [1.165, 1.54) is 4.57 Å². The standard InChI is InChI=1S/C12H15N3O2/c1-8(13)11(16)9-2-4-10(5-3-9)15-7-6-14-12(15)17/h2-8,11,16H,13H2,1H3,(H,14,17). The second-order valence-corrected chi connectivity index (χ2v) is 4.03. The van der Waals surface area contributed by atoms with Crippen LogP contribution < -0.4 is 11.4 Å². The lowest BCUT2D eigenvalue weighted by molar-refractivity contribution is 0.153. The summed E-state index contributed by atoms with van der Waals surface area (Å²) in [5.41, 5.74) is 6.92. The summed E-state index contributed by atoms with van der Waals surface area (Å²) in [4.78, 5) is 13.9. The average Bonchev–Trinajstić information content (AvgIpc) is 2.74. The van der Waals surface area contributed by atoms with Crippen LogP contribution in [0.4, 0.5) is 0 Å². The summed E-state index contributed by atoms with van der Waals surface area (Å²) in [5, 5.41) is 9.77. The highest BCUT2D eigenvalue weighted by Crippen LogP contribution is 2.17. The number of benzene rings is 1. The number of nitrogens with one attached hydrogen (secondary N) is 1. The molecule has 1 aromatic carbocycles. The van der Waals surface area contributed by atoms with E-state index in [4.69, 9.17) is 5.73 Å². The van der Waals surface area contributed by atoms with E-state index < -0.39 is 6.10 Å². The molecule has 0 radical (unpaired) electrons. The van der Waals surface area contributed by atoms with E-state index in [1.807, 2.05) is 0 Å². The van der Waals surface area contributed by atoms with Crippen molar-refractivity contribution in [3.63, 3.8) is 0 Å². The van der Waals surface area contributed by atoms with Crippen LogP contribution in [0.5, 0.6) is 0 Å². The van der Waals surface area contributed by atoms with Crippen LogP contribution >= 0.6 is 0 Å². The fourth-order valence-corrected chi connectivity index (χ4v) is 1.66. The second kappa shape index (κ2) is 4.57. The first-order chi connectivity index (χ1) is 8.09. The summed E-state index contributed by atoms with van der Waals surface area (Å²) in [5.74, 6) is 0. The highest BCUT2D eigenvalue weighted by Gasteiger charge is 2.12. The van der Waals surface area contributed by atoms with Gasteiger partial charge in [-0.1, -0.05) is 12.1 Å². The molecule has 2 atom stereocenters. The van der Waals surface area contributed by atoms with E-state index in [-0.39, 0.29) is 11.7 Å². The summed E-state index contributed by atoms with van der Waals surface area (Å²) >= 11 is 0. The SMILES string of the molecule is CC(N)C(O)c1ccc(-n2cc[nH]c2=O)cc1. The van der Waals surface area contributed by atoms with Crippen molar-refractivity contribution in [2.75, 3.05) is 0 Å². The van der Waals surface area contributed by atoms with Crippen LogP contribution in [0.2, 0.25) is 0 Å². The van der Waals surface area contributed by atoms with E-state index >= 15 is 0 Å². The van der Waals surface area contributed by atoms with Crippen molar-refractivity contribution in [1.82, 2.24) is 9.55 Å². The Morgan fingerprint density at radius 2 is 2.00 bits per heavy atom. The Hall–Kier alpha value is -1.85. The molecule has 0 saturated carbocycles. The second-order valence-electron chi connectivity index (χ2n) is 4.03. The maximum absolute atomic E-state index is 11.4. The van der Waals surface area contributed by atoms with Crippen molar-refractivity contribution in [3.8, 4) is 5.69 Å². The van der Waals surface area contributed by atoms with Crippen LogP contribution in [0.25, 0.3) is 5.69 Å². The molecule has 5 nitrogen and oxygen atoms in total. The zero-order valence-corrected chi connectivity index (χ0v) is 9.50. The van der Waals surface area contributed by atoms with Gasteiger partial charge in [-0.25, -0.2) is 4.79 Å². The van der Waals surface area contributed by atoms with E-state index in [2.05, 4.69) is 4.98 Å². The van der Waals surface area contributed by atoms with Gasteiger partial charge in [0.15, 0.2) is 0 Å². The number of aliphatic hydroxyl groups is 1. The molecule has 0 aliphatic carbocycles. The van der Waals surface area contributed by atoms with Crippen LogP contribution in [0.15, 0.2) is 41.5 Å². The molecule has 4 N–H and O–H groups in total. The fourth-order valence-electron chi connectivity index (χ4n) is 1.66. The van der Waals surface area contributed by atoms with Crippen LogP contribution in [0, 0.1) is 0 Å². The van der Waals surface area contributed by atoms with Crippen molar-refractivity contribution in [2.45, 2.75) is 19.1 Å². The highest BCUT2D eigenvalue weighted by atomic mass is 16.3. The van der Waals surface area contributed by atoms with Gasteiger partial charge in [-0.05, 0) is 24.6 Å². The summed E-state index contributed by atoms with van der Waals surface area (Å²) in [6, 6.07) is 6.76. The van der Waals surface area contributed by atoms with Gasteiger partial charge in [0, 0.05) is 18.4 Å². The topological polar surface area (TPSA) is 84.0 Å².